The van der Waals surface area contributed by atoms with Crippen molar-refractivity contribution in [2.75, 3.05) is 7.05 Å². The quantitative estimate of drug-likeness (QED) is 0.899. The van der Waals surface area contributed by atoms with Crippen molar-refractivity contribution in [3.63, 3.8) is 0 Å². The van der Waals surface area contributed by atoms with E-state index in [2.05, 4.69) is 36.5 Å². The molecule has 0 aliphatic heterocycles. The van der Waals surface area contributed by atoms with Gasteiger partial charge in [0.2, 0.25) is 0 Å². The zero-order chi connectivity index (χ0) is 14.7. The molecule has 1 unspecified atom stereocenters. The lowest BCUT2D eigenvalue weighted by atomic mass is 9.84. The molecule has 1 heterocycles. The van der Waals surface area contributed by atoms with Gasteiger partial charge in [-0.3, -0.25) is 0 Å². The second-order valence-electron chi connectivity index (χ2n) is 5.91. The van der Waals surface area contributed by atoms with Crippen LogP contribution in [0.1, 0.15) is 52.4 Å². The van der Waals surface area contributed by atoms with Crippen LogP contribution < -0.4 is 5.32 Å². The van der Waals surface area contributed by atoms with Gasteiger partial charge in [-0.1, -0.05) is 37.6 Å². The summed E-state index contributed by atoms with van der Waals surface area (Å²) in [5.41, 5.74) is 4.39. The van der Waals surface area contributed by atoms with E-state index in [1.807, 2.05) is 18.4 Å². The summed E-state index contributed by atoms with van der Waals surface area (Å²) in [5.74, 6) is 0.617. The first-order valence-electron chi connectivity index (χ1n) is 8.01. The van der Waals surface area contributed by atoms with Gasteiger partial charge in [0.25, 0.3) is 0 Å². The van der Waals surface area contributed by atoms with Crippen LogP contribution in [0.2, 0.25) is 0 Å². The molecular formula is C18H24N2S. The highest BCUT2D eigenvalue weighted by atomic mass is 32.1. The zero-order valence-electron chi connectivity index (χ0n) is 13.0. The number of hydrogen-bond acceptors (Lipinski definition) is 3. The van der Waals surface area contributed by atoms with Gasteiger partial charge in [-0.05, 0) is 43.9 Å². The number of fused-ring (bicyclic) bond motifs is 1. The van der Waals surface area contributed by atoms with Crippen LogP contribution >= 0.6 is 11.3 Å². The van der Waals surface area contributed by atoms with Gasteiger partial charge in [-0.15, -0.1) is 11.3 Å². The molecule has 1 aromatic carbocycles. The number of hydrogen-bond donors (Lipinski definition) is 1. The Morgan fingerprint density at radius 1 is 1.29 bits per heavy atom. The molecule has 1 atom stereocenters. The van der Waals surface area contributed by atoms with Crippen molar-refractivity contribution in [1.82, 2.24) is 10.3 Å². The normalized spacial score (nSPS) is 17.7. The molecule has 0 amide bonds. The van der Waals surface area contributed by atoms with Crippen molar-refractivity contribution in [3.8, 4) is 0 Å². The summed E-state index contributed by atoms with van der Waals surface area (Å²) in [5, 5.41) is 4.64. The number of nitrogens with one attached hydrogen (secondary N) is 1. The van der Waals surface area contributed by atoms with Crippen LogP contribution in [0.3, 0.4) is 0 Å². The number of aryl methyl sites for hydroxylation is 2. The summed E-state index contributed by atoms with van der Waals surface area (Å²) in [7, 11) is 2.02. The Kier molecular flexibility index (Phi) is 4.71. The van der Waals surface area contributed by atoms with Gasteiger partial charge in [0.05, 0.1) is 10.7 Å². The van der Waals surface area contributed by atoms with Crippen molar-refractivity contribution < 1.29 is 0 Å². The molecule has 21 heavy (non-hydrogen) atoms. The molecule has 0 bridgehead atoms. The summed E-state index contributed by atoms with van der Waals surface area (Å²) in [6, 6.07) is 8.89. The third kappa shape index (κ3) is 3.19. The lowest BCUT2D eigenvalue weighted by Gasteiger charge is -2.22. The van der Waals surface area contributed by atoms with Crippen LogP contribution in [0, 0.1) is 0 Å². The minimum atomic E-state index is 0.617. The van der Waals surface area contributed by atoms with Crippen molar-refractivity contribution in [2.45, 2.75) is 51.5 Å². The van der Waals surface area contributed by atoms with E-state index in [9.17, 15) is 0 Å². The van der Waals surface area contributed by atoms with E-state index in [0.29, 0.717) is 5.92 Å². The second kappa shape index (κ2) is 6.71. The number of rotatable bonds is 5. The maximum absolute atomic E-state index is 4.99. The van der Waals surface area contributed by atoms with Gasteiger partial charge in [-0.25, -0.2) is 4.98 Å². The Bertz CT molecular complexity index is 580. The lowest BCUT2D eigenvalue weighted by Crippen LogP contribution is -2.12. The van der Waals surface area contributed by atoms with E-state index in [0.717, 1.165) is 19.4 Å². The summed E-state index contributed by atoms with van der Waals surface area (Å²) in [6.45, 7) is 3.19. The molecule has 1 aliphatic rings. The van der Waals surface area contributed by atoms with Crippen LogP contribution in [0.25, 0.3) is 0 Å². The second-order valence-corrected chi connectivity index (χ2v) is 7.03. The Morgan fingerprint density at radius 3 is 2.86 bits per heavy atom. The van der Waals surface area contributed by atoms with E-state index in [-0.39, 0.29) is 0 Å². The fraction of sp³-hybridized carbons (Fsp3) is 0.500. The van der Waals surface area contributed by atoms with Crippen LogP contribution in [-0.2, 0) is 25.8 Å². The molecule has 1 N–H and O–H groups in total. The van der Waals surface area contributed by atoms with Gasteiger partial charge in [0, 0.05) is 17.3 Å². The molecule has 0 saturated heterocycles. The molecule has 1 aromatic heterocycles. The maximum atomic E-state index is 4.99. The molecule has 2 nitrogen and oxygen atoms in total. The van der Waals surface area contributed by atoms with Gasteiger partial charge >= 0.3 is 0 Å². The molecule has 3 rings (SSSR count). The molecule has 2 aromatic rings. The van der Waals surface area contributed by atoms with Gasteiger partial charge in [0.1, 0.15) is 0 Å². The first kappa shape index (κ1) is 14.7. The molecule has 3 heteroatoms. The summed E-state index contributed by atoms with van der Waals surface area (Å²) < 4.78 is 0. The minimum Gasteiger partial charge on any atom is -0.315 e. The smallest absolute Gasteiger partial charge is 0.0965 e. The topological polar surface area (TPSA) is 24.9 Å². The standard InChI is InChI=1S/C18H24N2S/c1-3-6-16-17(12-19-2)21-18(20-16)15-10-9-13-7-4-5-8-14(13)11-15/h4-5,7-8,15,19H,3,6,9-12H2,1-2H3. The van der Waals surface area contributed by atoms with E-state index in [1.54, 1.807) is 0 Å². The van der Waals surface area contributed by atoms with E-state index in [4.69, 9.17) is 4.98 Å². The largest absolute Gasteiger partial charge is 0.315 e. The Balaban J connectivity index is 1.83. The third-order valence-electron chi connectivity index (χ3n) is 4.32. The van der Waals surface area contributed by atoms with Gasteiger partial charge in [0.15, 0.2) is 0 Å². The third-order valence-corrected chi connectivity index (χ3v) is 5.58. The highest BCUT2D eigenvalue weighted by molar-refractivity contribution is 7.11. The van der Waals surface area contributed by atoms with Crippen LogP contribution in [0.15, 0.2) is 24.3 Å². The summed E-state index contributed by atoms with van der Waals surface area (Å²) in [4.78, 5) is 6.43. The minimum absolute atomic E-state index is 0.617. The average molecular weight is 300 g/mol. The Labute approximate surface area is 131 Å². The lowest BCUT2D eigenvalue weighted by molar-refractivity contribution is 0.580. The van der Waals surface area contributed by atoms with E-state index < -0.39 is 0 Å². The first-order chi connectivity index (χ1) is 10.3. The molecule has 0 fully saturated rings. The maximum Gasteiger partial charge on any atom is 0.0965 e. The van der Waals surface area contributed by atoms with Crippen LogP contribution in [-0.4, -0.2) is 12.0 Å². The first-order valence-corrected chi connectivity index (χ1v) is 8.83. The monoisotopic (exact) mass is 300 g/mol. The highest BCUT2D eigenvalue weighted by Crippen LogP contribution is 2.35. The molecule has 1 aliphatic carbocycles. The number of aromatic nitrogens is 1. The fourth-order valence-corrected chi connectivity index (χ4v) is 4.48. The Hall–Kier alpha value is -1.19. The Morgan fingerprint density at radius 2 is 2.10 bits per heavy atom. The predicted octanol–water partition coefficient (Wildman–Crippen LogP) is 4.09. The highest BCUT2D eigenvalue weighted by Gasteiger charge is 2.23. The van der Waals surface area contributed by atoms with Crippen molar-refractivity contribution in [2.24, 2.45) is 0 Å². The van der Waals surface area contributed by atoms with E-state index >= 15 is 0 Å². The molecule has 0 radical (unpaired) electrons. The van der Waals surface area contributed by atoms with Crippen molar-refractivity contribution in [1.29, 1.82) is 0 Å². The molecular weight excluding hydrogens is 276 g/mol. The van der Waals surface area contributed by atoms with Gasteiger partial charge < -0.3 is 5.32 Å². The van der Waals surface area contributed by atoms with E-state index in [1.165, 1.54) is 46.0 Å². The SMILES string of the molecule is CCCc1nc(C2CCc3ccccc3C2)sc1CNC. The summed E-state index contributed by atoms with van der Waals surface area (Å²) in [6.07, 6.45) is 5.89. The molecule has 112 valence electrons. The fourth-order valence-electron chi connectivity index (χ4n) is 3.22. The van der Waals surface area contributed by atoms with Crippen LogP contribution in [0.5, 0.6) is 0 Å². The number of benzene rings is 1. The number of thiazole rings is 1. The van der Waals surface area contributed by atoms with Gasteiger partial charge in [-0.2, -0.15) is 0 Å². The van der Waals surface area contributed by atoms with Crippen molar-refractivity contribution in [3.05, 3.63) is 51.0 Å². The molecule has 0 saturated carbocycles. The number of nitrogens with zero attached hydrogens (tertiary/aromatic N) is 1. The average Bonchev–Trinajstić information content (AvgIpc) is 2.91. The predicted molar refractivity (Wildman–Crippen MR) is 90.1 cm³/mol. The molecule has 0 spiro atoms. The van der Waals surface area contributed by atoms with Crippen LogP contribution in [0.4, 0.5) is 0 Å². The summed E-state index contributed by atoms with van der Waals surface area (Å²) >= 11 is 1.93. The zero-order valence-corrected chi connectivity index (χ0v) is 13.8. The van der Waals surface area contributed by atoms with Crippen molar-refractivity contribution >= 4 is 11.3 Å².